The number of hydrogen-bond donors (Lipinski definition) is 2. The van der Waals surface area contributed by atoms with Crippen LogP contribution in [0.15, 0.2) is 71.9 Å². The predicted molar refractivity (Wildman–Crippen MR) is 222 cm³/mol. The number of rotatable bonds is 22. The largest absolute Gasteiger partial charge is 0.497 e. The van der Waals surface area contributed by atoms with Crippen LogP contribution in [0.1, 0.15) is 97.1 Å². The van der Waals surface area contributed by atoms with E-state index in [1.165, 1.54) is 12.8 Å². The first kappa shape index (κ1) is 41.6. The van der Waals surface area contributed by atoms with Gasteiger partial charge in [-0.2, -0.15) is 0 Å². The van der Waals surface area contributed by atoms with Crippen molar-refractivity contribution in [2.75, 3.05) is 61.2 Å². The van der Waals surface area contributed by atoms with Crippen LogP contribution in [0.25, 0.3) is 0 Å². The highest BCUT2D eigenvalue weighted by atomic mass is 16.6. The molecule has 0 aromatic heterocycles. The molecule has 0 saturated heterocycles. The lowest BCUT2D eigenvalue weighted by molar-refractivity contribution is 0.0854. The first-order chi connectivity index (χ1) is 28.4. The maximum atomic E-state index is 12.8. The number of nitrogens with one attached hydrogen (secondary N) is 2. The van der Waals surface area contributed by atoms with Crippen LogP contribution in [0.5, 0.6) is 46.0 Å². The van der Waals surface area contributed by atoms with Gasteiger partial charge in [-0.3, -0.25) is 4.79 Å². The van der Waals surface area contributed by atoms with Gasteiger partial charge < -0.3 is 53.4 Å². The summed E-state index contributed by atoms with van der Waals surface area (Å²) in [6, 6.07) is 20.8. The number of nitrogens with zero attached hydrogens (tertiary/aromatic N) is 1. The molecule has 4 aromatic carbocycles. The first-order valence-corrected chi connectivity index (χ1v) is 19.8. The smallest absolute Gasteiger partial charge is 0.255 e. The second kappa shape index (κ2) is 20.4. The number of ether oxygens (including phenoxy) is 8. The minimum atomic E-state index is -0.392. The van der Waals surface area contributed by atoms with E-state index in [2.05, 4.69) is 15.8 Å². The molecule has 2 N–H and O–H groups in total. The van der Waals surface area contributed by atoms with Crippen molar-refractivity contribution in [3.05, 3.63) is 89.0 Å². The number of fused-ring (bicyclic) bond motifs is 1. The number of methoxy groups -OCH3 is 6. The summed E-state index contributed by atoms with van der Waals surface area (Å²) in [5, 5.41) is 10.8. The quantitative estimate of drug-likeness (QED) is 0.0738. The van der Waals surface area contributed by atoms with Crippen molar-refractivity contribution in [1.29, 1.82) is 0 Å². The number of amides is 1. The Morgan fingerprint density at radius 3 is 1.83 bits per heavy atom. The lowest BCUT2D eigenvalue weighted by Gasteiger charge is -2.28. The Bertz CT molecular complexity index is 2010. The highest BCUT2D eigenvalue weighted by Gasteiger charge is 2.28. The molecular formula is C45H55N3O10. The second-order valence-corrected chi connectivity index (χ2v) is 14.1. The van der Waals surface area contributed by atoms with E-state index in [1.54, 1.807) is 48.7 Å². The lowest BCUT2D eigenvalue weighted by atomic mass is 9.99. The summed E-state index contributed by atoms with van der Waals surface area (Å²) in [4.78, 5) is 18.7. The van der Waals surface area contributed by atoms with Gasteiger partial charge in [0.1, 0.15) is 11.9 Å². The molecule has 4 aromatic rings. The fraction of sp³-hybridized carbons (Fsp3) is 0.422. The van der Waals surface area contributed by atoms with Gasteiger partial charge in [-0.15, -0.1) is 0 Å². The van der Waals surface area contributed by atoms with Crippen molar-refractivity contribution < 1.29 is 47.5 Å². The Hall–Kier alpha value is -5.98. The molecule has 0 aliphatic carbocycles. The SMILES string of the molecule is COc1ccc2c(c1)C(=O)NC(c1ccc(OCCCCCCCCCCOc3cc(C4CC(c5cc(OC)c(OC)c(OC)c5)=NO4)ccc3OC)c(OC)c1)N2. The van der Waals surface area contributed by atoms with Gasteiger partial charge in [-0.25, -0.2) is 0 Å². The van der Waals surface area contributed by atoms with E-state index < -0.39 is 6.17 Å². The number of benzene rings is 4. The summed E-state index contributed by atoms with van der Waals surface area (Å²) in [6.45, 7) is 1.22. The minimum absolute atomic E-state index is 0.165. The zero-order valence-corrected chi connectivity index (χ0v) is 34.3. The van der Waals surface area contributed by atoms with E-state index in [9.17, 15) is 4.79 Å². The van der Waals surface area contributed by atoms with Gasteiger partial charge in [0, 0.05) is 17.7 Å². The molecule has 13 heteroatoms. The molecule has 58 heavy (non-hydrogen) atoms. The number of carbonyl (C=O) groups excluding carboxylic acids is 1. The van der Waals surface area contributed by atoms with E-state index in [1.807, 2.05) is 60.7 Å². The number of anilines is 1. The van der Waals surface area contributed by atoms with Gasteiger partial charge in [0.25, 0.3) is 5.91 Å². The molecule has 0 spiro atoms. The number of oxime groups is 1. The molecular weight excluding hydrogens is 743 g/mol. The summed E-state index contributed by atoms with van der Waals surface area (Å²) < 4.78 is 45.3. The number of unbranched alkanes of at least 4 members (excludes halogenated alkanes) is 7. The van der Waals surface area contributed by atoms with Gasteiger partial charge in [0.05, 0.1) is 67.1 Å². The van der Waals surface area contributed by atoms with E-state index >= 15 is 0 Å². The summed E-state index contributed by atoms with van der Waals surface area (Å²) in [7, 11) is 9.62. The molecule has 2 aliphatic rings. The average Bonchev–Trinajstić information content (AvgIpc) is 3.76. The molecule has 0 saturated carbocycles. The Morgan fingerprint density at radius 2 is 1.19 bits per heavy atom. The molecule has 0 bridgehead atoms. The second-order valence-electron chi connectivity index (χ2n) is 14.1. The van der Waals surface area contributed by atoms with Crippen LogP contribution in [0.3, 0.4) is 0 Å². The van der Waals surface area contributed by atoms with E-state index in [-0.39, 0.29) is 12.0 Å². The topological polar surface area (TPSA) is 137 Å². The van der Waals surface area contributed by atoms with Gasteiger partial charge in [0.15, 0.2) is 40.6 Å². The van der Waals surface area contributed by atoms with Crippen molar-refractivity contribution >= 4 is 17.3 Å². The summed E-state index contributed by atoms with van der Waals surface area (Å²) >= 11 is 0. The van der Waals surface area contributed by atoms with E-state index in [4.69, 9.17) is 42.7 Å². The van der Waals surface area contributed by atoms with E-state index in [0.29, 0.717) is 71.2 Å². The number of carbonyl (C=O) groups is 1. The molecule has 2 heterocycles. The first-order valence-electron chi connectivity index (χ1n) is 19.8. The molecule has 1 amide bonds. The molecule has 6 rings (SSSR count). The maximum Gasteiger partial charge on any atom is 0.255 e. The van der Waals surface area contributed by atoms with Crippen molar-refractivity contribution in [3.63, 3.8) is 0 Å². The molecule has 310 valence electrons. The summed E-state index contributed by atoms with van der Waals surface area (Å²) in [6.07, 6.45) is 8.74. The zero-order valence-electron chi connectivity index (χ0n) is 34.3. The molecule has 0 fully saturated rings. The fourth-order valence-corrected chi connectivity index (χ4v) is 7.12. The van der Waals surface area contributed by atoms with Crippen LogP contribution >= 0.6 is 0 Å². The van der Waals surface area contributed by atoms with Crippen molar-refractivity contribution in [2.24, 2.45) is 5.16 Å². The Morgan fingerprint density at radius 1 is 0.586 bits per heavy atom. The summed E-state index contributed by atoms with van der Waals surface area (Å²) in [5.74, 6) is 4.83. The highest BCUT2D eigenvalue weighted by Crippen LogP contribution is 2.41. The van der Waals surface area contributed by atoms with Crippen LogP contribution in [0.4, 0.5) is 5.69 Å². The Labute approximate surface area is 340 Å². The zero-order chi connectivity index (χ0) is 40.9. The molecule has 2 unspecified atom stereocenters. The minimum Gasteiger partial charge on any atom is -0.497 e. The van der Waals surface area contributed by atoms with Crippen LogP contribution in [0, 0.1) is 0 Å². The van der Waals surface area contributed by atoms with Crippen molar-refractivity contribution in [2.45, 2.75) is 70.1 Å². The molecule has 2 aliphatic heterocycles. The normalized spacial score (nSPS) is 15.6. The number of hydrogen-bond acceptors (Lipinski definition) is 12. The van der Waals surface area contributed by atoms with Gasteiger partial charge in [-0.05, 0) is 78.6 Å². The predicted octanol–water partition coefficient (Wildman–Crippen LogP) is 9.04. The van der Waals surface area contributed by atoms with Crippen LogP contribution in [-0.2, 0) is 4.84 Å². The monoisotopic (exact) mass is 797 g/mol. The Balaban J connectivity index is 0.860. The van der Waals surface area contributed by atoms with Gasteiger partial charge >= 0.3 is 0 Å². The fourth-order valence-electron chi connectivity index (χ4n) is 7.12. The lowest BCUT2D eigenvalue weighted by Crippen LogP contribution is -2.38. The van der Waals surface area contributed by atoms with Gasteiger partial charge in [0.2, 0.25) is 5.75 Å². The van der Waals surface area contributed by atoms with Crippen LogP contribution < -0.4 is 48.5 Å². The summed E-state index contributed by atoms with van der Waals surface area (Å²) in [5.41, 5.74) is 4.76. The van der Waals surface area contributed by atoms with Crippen molar-refractivity contribution in [3.8, 4) is 46.0 Å². The van der Waals surface area contributed by atoms with Gasteiger partial charge in [-0.1, -0.05) is 55.8 Å². The third-order valence-corrected chi connectivity index (χ3v) is 10.3. The van der Waals surface area contributed by atoms with Crippen molar-refractivity contribution in [1.82, 2.24) is 5.32 Å². The molecule has 13 nitrogen and oxygen atoms in total. The van der Waals surface area contributed by atoms with Crippen LogP contribution in [0.2, 0.25) is 0 Å². The van der Waals surface area contributed by atoms with E-state index in [0.717, 1.165) is 66.6 Å². The Kier molecular flexibility index (Phi) is 14.7. The van der Waals surface area contributed by atoms with Crippen LogP contribution in [-0.4, -0.2) is 67.5 Å². The third-order valence-electron chi connectivity index (χ3n) is 10.3. The molecule has 0 radical (unpaired) electrons. The molecule has 2 atom stereocenters. The maximum absolute atomic E-state index is 12.8. The third kappa shape index (κ3) is 10.1. The average molecular weight is 798 g/mol. The standard InChI is InChI=1S/C45H55N3O10/c1-50-32-17-18-34-33(27-32)45(49)47-44(46-34)30-16-20-37(39(24-30)52-3)56-21-13-11-9-7-8-10-12-14-22-57-40-23-29(15-19-36(40)51-2)38-28-35(48-58-38)31-25-41(53-4)43(55-6)42(26-31)54-5/h15-20,23-27,38,44,46H,7-14,21-22,28H2,1-6H3,(H,47,49). The highest BCUT2D eigenvalue weighted by molar-refractivity contribution is 6.03.